The van der Waals surface area contributed by atoms with E-state index < -0.39 is 0 Å². The molecule has 25 heavy (non-hydrogen) atoms. The molecule has 1 heterocycles. The number of carbonyl (C=O) groups excluding carboxylic acids is 2. The molecule has 1 saturated heterocycles. The van der Waals surface area contributed by atoms with Gasteiger partial charge in [0.15, 0.2) is 0 Å². The van der Waals surface area contributed by atoms with E-state index in [-0.39, 0.29) is 17.9 Å². The van der Waals surface area contributed by atoms with Crippen LogP contribution >= 0.6 is 0 Å². The zero-order valence-electron chi connectivity index (χ0n) is 15.5. The minimum absolute atomic E-state index is 0.164. The Hall–Kier alpha value is -1.10. The molecule has 0 radical (unpaired) electrons. The lowest BCUT2D eigenvalue weighted by Gasteiger charge is -2.36. The average Bonchev–Trinajstić information content (AvgIpc) is 3.14. The maximum atomic E-state index is 12.7. The molecule has 0 aromatic heterocycles. The lowest BCUT2D eigenvalue weighted by Crippen LogP contribution is -2.45. The fraction of sp³-hybridized carbons (Fsp3) is 0.900. The lowest BCUT2D eigenvalue weighted by molar-refractivity contribution is -0.138. The van der Waals surface area contributed by atoms with E-state index in [1.54, 1.807) is 0 Å². The number of amides is 2. The Bertz CT molecular complexity index is 446. The fourth-order valence-electron chi connectivity index (χ4n) is 4.90. The molecular weight excluding hydrogens is 314 g/mol. The second-order valence-electron chi connectivity index (χ2n) is 8.48. The van der Waals surface area contributed by atoms with Gasteiger partial charge in [0.1, 0.15) is 0 Å². The van der Waals surface area contributed by atoms with Gasteiger partial charge < -0.3 is 16.0 Å². The molecule has 0 aromatic carbocycles. The van der Waals surface area contributed by atoms with Crippen molar-refractivity contribution in [3.63, 3.8) is 0 Å². The van der Waals surface area contributed by atoms with Gasteiger partial charge in [-0.1, -0.05) is 12.8 Å². The van der Waals surface area contributed by atoms with Crippen molar-refractivity contribution in [3.8, 4) is 0 Å². The molecule has 0 bridgehead atoms. The molecule has 3 N–H and O–H groups in total. The molecular formula is C20H35N3O2. The fourth-order valence-corrected chi connectivity index (χ4v) is 4.90. The van der Waals surface area contributed by atoms with Crippen molar-refractivity contribution >= 4 is 11.8 Å². The Balaban J connectivity index is 1.36. The number of rotatable bonds is 5. The summed E-state index contributed by atoms with van der Waals surface area (Å²) in [5.41, 5.74) is 5.74. The molecule has 2 aliphatic carbocycles. The minimum atomic E-state index is 0.164. The van der Waals surface area contributed by atoms with Crippen molar-refractivity contribution in [1.29, 1.82) is 0 Å². The molecule has 0 unspecified atom stereocenters. The summed E-state index contributed by atoms with van der Waals surface area (Å²) in [5, 5.41) is 3.22. The highest BCUT2D eigenvalue weighted by atomic mass is 16.2. The second kappa shape index (κ2) is 9.02. The molecule has 3 rings (SSSR count). The predicted molar refractivity (Wildman–Crippen MR) is 98.8 cm³/mol. The van der Waals surface area contributed by atoms with Crippen LogP contribution in [0.1, 0.15) is 70.6 Å². The van der Waals surface area contributed by atoms with Crippen molar-refractivity contribution in [2.45, 2.75) is 76.7 Å². The van der Waals surface area contributed by atoms with E-state index in [0.717, 1.165) is 58.2 Å². The van der Waals surface area contributed by atoms with E-state index in [0.29, 0.717) is 24.2 Å². The molecule has 5 nitrogen and oxygen atoms in total. The zero-order chi connectivity index (χ0) is 17.6. The van der Waals surface area contributed by atoms with Gasteiger partial charge in [0.2, 0.25) is 11.8 Å². The Morgan fingerprint density at radius 2 is 1.52 bits per heavy atom. The monoisotopic (exact) mass is 349 g/mol. The average molecular weight is 350 g/mol. The first-order chi connectivity index (χ1) is 12.2. The van der Waals surface area contributed by atoms with Gasteiger partial charge in [-0.3, -0.25) is 9.59 Å². The van der Waals surface area contributed by atoms with Gasteiger partial charge in [0.25, 0.3) is 0 Å². The summed E-state index contributed by atoms with van der Waals surface area (Å²) in [5.74, 6) is 1.93. The van der Waals surface area contributed by atoms with Crippen molar-refractivity contribution in [1.82, 2.24) is 10.2 Å². The van der Waals surface area contributed by atoms with Gasteiger partial charge >= 0.3 is 0 Å². The Labute approximate surface area is 152 Å². The van der Waals surface area contributed by atoms with E-state index >= 15 is 0 Å². The van der Waals surface area contributed by atoms with Crippen molar-refractivity contribution in [2.24, 2.45) is 23.5 Å². The van der Waals surface area contributed by atoms with E-state index in [1.807, 2.05) is 0 Å². The van der Waals surface area contributed by atoms with Gasteiger partial charge in [-0.05, 0) is 69.7 Å². The van der Waals surface area contributed by atoms with E-state index in [4.69, 9.17) is 5.73 Å². The normalized spacial score (nSPS) is 28.9. The van der Waals surface area contributed by atoms with Gasteiger partial charge in [-0.25, -0.2) is 0 Å². The number of piperidine rings is 1. The third-order valence-corrected chi connectivity index (χ3v) is 6.65. The number of hydrogen-bond donors (Lipinski definition) is 2. The van der Waals surface area contributed by atoms with Crippen LogP contribution in [0.3, 0.4) is 0 Å². The maximum absolute atomic E-state index is 12.7. The van der Waals surface area contributed by atoms with Crippen LogP contribution in [-0.2, 0) is 9.59 Å². The van der Waals surface area contributed by atoms with Crippen LogP contribution in [-0.4, -0.2) is 42.4 Å². The molecule has 5 heteroatoms. The predicted octanol–water partition coefficient (Wildman–Crippen LogP) is 2.44. The quantitative estimate of drug-likeness (QED) is 0.800. The maximum Gasteiger partial charge on any atom is 0.225 e. The Morgan fingerprint density at radius 3 is 2.12 bits per heavy atom. The van der Waals surface area contributed by atoms with Gasteiger partial charge in [-0.2, -0.15) is 0 Å². The summed E-state index contributed by atoms with van der Waals surface area (Å²) in [6.07, 6.45) is 11.6. The third-order valence-electron chi connectivity index (χ3n) is 6.65. The van der Waals surface area contributed by atoms with Crippen LogP contribution in [0.15, 0.2) is 0 Å². The third kappa shape index (κ3) is 5.19. The first kappa shape index (κ1) is 18.7. The number of nitrogens with zero attached hydrogens (tertiary/aromatic N) is 1. The first-order valence-electron chi connectivity index (χ1n) is 10.4. The van der Waals surface area contributed by atoms with Crippen LogP contribution in [0.2, 0.25) is 0 Å². The number of nitrogens with two attached hydrogens (primary N) is 1. The van der Waals surface area contributed by atoms with E-state index in [2.05, 4.69) is 10.2 Å². The molecule has 0 atom stereocenters. The largest absolute Gasteiger partial charge is 0.353 e. The summed E-state index contributed by atoms with van der Waals surface area (Å²) < 4.78 is 0. The van der Waals surface area contributed by atoms with Crippen LogP contribution in [0.4, 0.5) is 0 Å². The number of hydrogen-bond acceptors (Lipinski definition) is 3. The van der Waals surface area contributed by atoms with Crippen LogP contribution < -0.4 is 11.1 Å². The number of carbonyl (C=O) groups is 2. The van der Waals surface area contributed by atoms with Crippen LogP contribution in [0.5, 0.6) is 0 Å². The first-order valence-corrected chi connectivity index (χ1v) is 10.4. The topological polar surface area (TPSA) is 75.4 Å². The van der Waals surface area contributed by atoms with Gasteiger partial charge in [0.05, 0.1) is 0 Å². The van der Waals surface area contributed by atoms with E-state index in [1.165, 1.54) is 25.7 Å². The summed E-state index contributed by atoms with van der Waals surface area (Å²) in [6, 6.07) is 0.279. The van der Waals surface area contributed by atoms with Crippen LogP contribution in [0, 0.1) is 17.8 Å². The highest BCUT2D eigenvalue weighted by Crippen LogP contribution is 2.29. The molecule has 3 aliphatic rings. The van der Waals surface area contributed by atoms with Crippen LogP contribution in [0.25, 0.3) is 0 Å². The summed E-state index contributed by atoms with van der Waals surface area (Å²) in [6.45, 7) is 2.49. The highest BCUT2D eigenvalue weighted by molar-refractivity contribution is 5.79. The van der Waals surface area contributed by atoms with E-state index in [9.17, 15) is 9.59 Å². The molecule has 142 valence electrons. The SMILES string of the molecule is NCC1CCN(C(=O)C2CCC(NC(=O)CC3CCCC3)CC2)CC1. The molecule has 2 amide bonds. The second-order valence-corrected chi connectivity index (χ2v) is 8.48. The molecule has 0 aromatic rings. The Kier molecular flexibility index (Phi) is 6.74. The molecule has 3 fully saturated rings. The smallest absolute Gasteiger partial charge is 0.225 e. The van der Waals surface area contributed by atoms with Crippen molar-refractivity contribution in [2.75, 3.05) is 19.6 Å². The highest BCUT2D eigenvalue weighted by Gasteiger charge is 2.32. The Morgan fingerprint density at radius 1 is 0.880 bits per heavy atom. The van der Waals surface area contributed by atoms with Gasteiger partial charge in [-0.15, -0.1) is 0 Å². The molecule has 0 spiro atoms. The standard InChI is InChI=1S/C20H35N3O2/c21-14-16-9-11-23(12-10-16)20(25)17-5-7-18(8-6-17)22-19(24)13-15-3-1-2-4-15/h15-18H,1-14,21H2,(H,22,24). The molecule has 1 aliphatic heterocycles. The summed E-state index contributed by atoms with van der Waals surface area (Å²) >= 11 is 0. The van der Waals surface area contributed by atoms with Crippen molar-refractivity contribution in [3.05, 3.63) is 0 Å². The van der Waals surface area contributed by atoms with Crippen molar-refractivity contribution < 1.29 is 9.59 Å². The zero-order valence-corrected chi connectivity index (χ0v) is 15.5. The molecule has 2 saturated carbocycles. The summed E-state index contributed by atoms with van der Waals surface area (Å²) in [7, 11) is 0. The minimum Gasteiger partial charge on any atom is -0.353 e. The summed E-state index contributed by atoms with van der Waals surface area (Å²) in [4.78, 5) is 27.0. The lowest BCUT2D eigenvalue weighted by atomic mass is 9.84. The number of likely N-dealkylation sites (tertiary alicyclic amines) is 1. The number of nitrogens with one attached hydrogen (secondary N) is 1. The van der Waals surface area contributed by atoms with Gasteiger partial charge in [0, 0.05) is 31.5 Å².